The second-order valence-electron chi connectivity index (χ2n) is 7.54. The predicted octanol–water partition coefficient (Wildman–Crippen LogP) is 3.38. The lowest BCUT2D eigenvalue weighted by molar-refractivity contribution is 0.288. The molecule has 0 amide bonds. The maximum Gasteiger partial charge on any atom is 0.164 e. The standard InChI is InChI=1S/C24H23N5O2/c25-23-22-19(10-6-12-30)28-29(24(22)27-15-26-23)14-21-18(16-7-2-1-3-8-16)13-17-9-4-5-11-20(17)31-21/h1-5,7-9,11,15,30H,6,10,12-14H2,(H2,25,26,27). The Morgan fingerprint density at radius 3 is 2.68 bits per heavy atom. The highest BCUT2D eigenvalue weighted by atomic mass is 16.5. The minimum absolute atomic E-state index is 0.0884. The van der Waals surface area contributed by atoms with Crippen molar-refractivity contribution in [2.24, 2.45) is 0 Å². The fourth-order valence-corrected chi connectivity index (χ4v) is 4.04. The van der Waals surface area contributed by atoms with E-state index in [-0.39, 0.29) is 6.61 Å². The van der Waals surface area contributed by atoms with E-state index < -0.39 is 0 Å². The number of ether oxygens (including phenoxy) is 1. The number of para-hydroxylation sites is 1. The molecule has 0 bridgehead atoms. The highest BCUT2D eigenvalue weighted by molar-refractivity contribution is 5.88. The van der Waals surface area contributed by atoms with Gasteiger partial charge < -0.3 is 15.6 Å². The number of benzene rings is 2. The zero-order valence-electron chi connectivity index (χ0n) is 17.0. The van der Waals surface area contributed by atoms with Crippen LogP contribution in [0.15, 0.2) is 66.7 Å². The number of aliphatic hydroxyl groups excluding tert-OH is 1. The molecular weight excluding hydrogens is 390 g/mol. The third kappa shape index (κ3) is 3.64. The Bertz CT molecular complexity index is 1260. The van der Waals surface area contributed by atoms with Crippen LogP contribution in [0.2, 0.25) is 0 Å². The molecule has 0 radical (unpaired) electrons. The number of hydrogen-bond donors (Lipinski definition) is 2. The van der Waals surface area contributed by atoms with Gasteiger partial charge in [-0.2, -0.15) is 5.10 Å². The SMILES string of the molecule is Nc1ncnc2c1c(CCCO)nn2CC1=C(c2ccccc2)Cc2ccccc2O1. The fraction of sp³-hybridized carbons (Fsp3) is 0.208. The second-order valence-corrected chi connectivity index (χ2v) is 7.54. The molecule has 0 spiro atoms. The zero-order valence-corrected chi connectivity index (χ0v) is 17.0. The number of aromatic nitrogens is 4. The van der Waals surface area contributed by atoms with Gasteiger partial charge in [0.05, 0.1) is 11.1 Å². The molecule has 0 fully saturated rings. The maximum atomic E-state index is 9.27. The van der Waals surface area contributed by atoms with Gasteiger partial charge in [-0.25, -0.2) is 14.6 Å². The normalized spacial score (nSPS) is 13.3. The lowest BCUT2D eigenvalue weighted by Gasteiger charge is -2.24. The highest BCUT2D eigenvalue weighted by Crippen LogP contribution is 2.36. The van der Waals surface area contributed by atoms with Crippen molar-refractivity contribution < 1.29 is 9.84 Å². The molecule has 3 heterocycles. The molecule has 3 N–H and O–H groups in total. The van der Waals surface area contributed by atoms with Gasteiger partial charge in [-0.05, 0) is 30.0 Å². The van der Waals surface area contributed by atoms with E-state index in [2.05, 4.69) is 28.2 Å². The number of nitrogens with zero attached hydrogens (tertiary/aromatic N) is 4. The topological polar surface area (TPSA) is 99.1 Å². The van der Waals surface area contributed by atoms with E-state index in [1.54, 1.807) is 0 Å². The lowest BCUT2D eigenvalue weighted by Crippen LogP contribution is -2.16. The highest BCUT2D eigenvalue weighted by Gasteiger charge is 2.23. The van der Waals surface area contributed by atoms with Crippen LogP contribution in [0.4, 0.5) is 5.82 Å². The molecular formula is C24H23N5O2. The number of anilines is 1. The van der Waals surface area contributed by atoms with Gasteiger partial charge in [-0.1, -0.05) is 48.5 Å². The Labute approximate surface area is 179 Å². The molecule has 0 aliphatic carbocycles. The molecule has 7 nitrogen and oxygen atoms in total. The fourth-order valence-electron chi connectivity index (χ4n) is 4.04. The largest absolute Gasteiger partial charge is 0.459 e. The molecule has 0 saturated heterocycles. The summed E-state index contributed by atoms with van der Waals surface area (Å²) >= 11 is 0. The Kier molecular flexibility index (Phi) is 5.09. The van der Waals surface area contributed by atoms with Crippen molar-refractivity contribution in [2.75, 3.05) is 12.3 Å². The number of aryl methyl sites for hydroxylation is 1. The minimum atomic E-state index is 0.0884. The lowest BCUT2D eigenvalue weighted by atomic mass is 9.94. The van der Waals surface area contributed by atoms with E-state index in [4.69, 9.17) is 15.6 Å². The monoisotopic (exact) mass is 413 g/mol. The van der Waals surface area contributed by atoms with Crippen molar-refractivity contribution in [2.45, 2.75) is 25.8 Å². The number of fused-ring (bicyclic) bond motifs is 2. The third-order valence-electron chi connectivity index (χ3n) is 5.53. The molecule has 31 heavy (non-hydrogen) atoms. The quantitative estimate of drug-likeness (QED) is 0.503. The Morgan fingerprint density at radius 2 is 1.84 bits per heavy atom. The second kappa shape index (κ2) is 8.20. The number of allylic oxidation sites excluding steroid dienone is 2. The van der Waals surface area contributed by atoms with E-state index in [9.17, 15) is 5.11 Å². The van der Waals surface area contributed by atoms with Crippen LogP contribution in [0, 0.1) is 0 Å². The number of aliphatic hydroxyl groups is 1. The van der Waals surface area contributed by atoms with Gasteiger partial charge in [0.15, 0.2) is 5.65 Å². The summed E-state index contributed by atoms with van der Waals surface area (Å²) in [4.78, 5) is 8.58. The molecule has 0 atom stereocenters. The first-order chi connectivity index (χ1) is 15.2. The Balaban J connectivity index is 1.61. The van der Waals surface area contributed by atoms with E-state index in [0.717, 1.165) is 45.7 Å². The van der Waals surface area contributed by atoms with Crippen molar-refractivity contribution in [3.8, 4) is 5.75 Å². The van der Waals surface area contributed by atoms with E-state index in [1.807, 2.05) is 41.1 Å². The van der Waals surface area contributed by atoms with Gasteiger partial charge in [-0.15, -0.1) is 0 Å². The van der Waals surface area contributed by atoms with Crippen molar-refractivity contribution in [3.63, 3.8) is 0 Å². The summed E-state index contributed by atoms with van der Waals surface area (Å²) in [6.45, 7) is 0.510. The average Bonchev–Trinajstić information content (AvgIpc) is 3.16. The number of hydrogen-bond acceptors (Lipinski definition) is 6. The number of rotatable bonds is 6. The van der Waals surface area contributed by atoms with Crippen molar-refractivity contribution in [1.82, 2.24) is 19.7 Å². The third-order valence-corrected chi connectivity index (χ3v) is 5.53. The van der Waals surface area contributed by atoms with E-state index in [1.165, 1.54) is 6.33 Å². The summed E-state index contributed by atoms with van der Waals surface area (Å²) < 4.78 is 8.20. The van der Waals surface area contributed by atoms with Gasteiger partial charge >= 0.3 is 0 Å². The summed E-state index contributed by atoms with van der Waals surface area (Å²) in [7, 11) is 0. The van der Waals surface area contributed by atoms with Crippen LogP contribution in [-0.4, -0.2) is 31.5 Å². The molecule has 156 valence electrons. The molecule has 1 aliphatic heterocycles. The Morgan fingerprint density at radius 1 is 1.03 bits per heavy atom. The Hall–Kier alpha value is -3.71. The van der Waals surface area contributed by atoms with Crippen LogP contribution in [0.1, 0.15) is 23.2 Å². The average molecular weight is 413 g/mol. The molecule has 2 aromatic heterocycles. The number of nitrogens with two attached hydrogens (primary N) is 1. The molecule has 2 aromatic carbocycles. The summed E-state index contributed by atoms with van der Waals surface area (Å²) in [5, 5.41) is 14.8. The van der Waals surface area contributed by atoms with Crippen LogP contribution in [0.25, 0.3) is 16.6 Å². The van der Waals surface area contributed by atoms with E-state index in [0.29, 0.717) is 30.9 Å². The first kappa shape index (κ1) is 19.3. The van der Waals surface area contributed by atoms with E-state index >= 15 is 0 Å². The molecule has 5 rings (SSSR count). The maximum absolute atomic E-state index is 9.27. The summed E-state index contributed by atoms with van der Waals surface area (Å²) in [6, 6.07) is 18.4. The number of nitrogen functional groups attached to an aromatic ring is 1. The first-order valence-corrected chi connectivity index (χ1v) is 10.3. The predicted molar refractivity (Wildman–Crippen MR) is 119 cm³/mol. The molecule has 1 aliphatic rings. The summed E-state index contributed by atoms with van der Waals surface area (Å²) in [5.41, 5.74) is 11.0. The zero-order chi connectivity index (χ0) is 21.2. The minimum Gasteiger partial charge on any atom is -0.459 e. The first-order valence-electron chi connectivity index (χ1n) is 10.3. The van der Waals surface area contributed by atoms with Gasteiger partial charge in [0.2, 0.25) is 0 Å². The molecule has 0 unspecified atom stereocenters. The molecule has 0 saturated carbocycles. The van der Waals surface area contributed by atoms with Crippen molar-refractivity contribution >= 4 is 22.4 Å². The van der Waals surface area contributed by atoms with Crippen LogP contribution in [0.5, 0.6) is 5.75 Å². The van der Waals surface area contributed by atoms with Crippen LogP contribution in [0.3, 0.4) is 0 Å². The molecule has 7 heteroatoms. The van der Waals surface area contributed by atoms with Gasteiger partial charge in [0.25, 0.3) is 0 Å². The smallest absolute Gasteiger partial charge is 0.164 e. The van der Waals surface area contributed by atoms with Gasteiger partial charge in [-0.3, -0.25) is 0 Å². The van der Waals surface area contributed by atoms with Gasteiger partial charge in [0, 0.05) is 18.6 Å². The summed E-state index contributed by atoms with van der Waals surface area (Å²) in [6.07, 6.45) is 3.44. The van der Waals surface area contributed by atoms with Gasteiger partial charge in [0.1, 0.15) is 30.2 Å². The van der Waals surface area contributed by atoms with Crippen molar-refractivity contribution in [3.05, 3.63) is 83.5 Å². The van der Waals surface area contributed by atoms with Crippen LogP contribution >= 0.6 is 0 Å². The van der Waals surface area contributed by atoms with Crippen molar-refractivity contribution in [1.29, 1.82) is 0 Å². The van der Waals surface area contributed by atoms with Crippen LogP contribution in [-0.2, 0) is 19.4 Å². The van der Waals surface area contributed by atoms with Crippen LogP contribution < -0.4 is 10.5 Å². The molecule has 4 aromatic rings. The summed E-state index contributed by atoms with van der Waals surface area (Å²) in [5.74, 6) is 2.10.